The van der Waals surface area contributed by atoms with E-state index in [1.165, 1.54) is 21.0 Å². The molecule has 0 aliphatic heterocycles. The fourth-order valence-corrected chi connectivity index (χ4v) is 3.67. The molecular formula is C16H22N2O2S2. The van der Waals surface area contributed by atoms with Gasteiger partial charge in [0.15, 0.2) is 0 Å². The summed E-state index contributed by atoms with van der Waals surface area (Å²) in [4.78, 5) is 1.36. The third kappa shape index (κ3) is 4.09. The third-order valence-electron chi connectivity index (χ3n) is 3.70. The van der Waals surface area contributed by atoms with E-state index in [1.807, 2.05) is 24.3 Å². The minimum absolute atomic E-state index is 0.304. The normalized spacial score (nSPS) is 13.1. The first kappa shape index (κ1) is 17.0. The van der Waals surface area contributed by atoms with Gasteiger partial charge in [0, 0.05) is 24.5 Å². The Morgan fingerprint density at radius 2 is 1.86 bits per heavy atom. The third-order valence-corrected chi connectivity index (χ3v) is 6.11. The van der Waals surface area contributed by atoms with E-state index in [9.17, 15) is 8.42 Å². The van der Waals surface area contributed by atoms with E-state index in [0.717, 1.165) is 12.1 Å². The number of thiophene rings is 1. The molecule has 0 aliphatic rings. The molecule has 2 aromatic rings. The van der Waals surface area contributed by atoms with Crippen molar-refractivity contribution >= 4 is 27.0 Å². The first-order valence-corrected chi connectivity index (χ1v) is 9.82. The number of nitrogens with one attached hydrogen (secondary N) is 1. The molecule has 120 valence electrons. The molecule has 1 heterocycles. The van der Waals surface area contributed by atoms with Gasteiger partial charge >= 0.3 is 0 Å². The number of hydrogen-bond acceptors (Lipinski definition) is 4. The van der Waals surface area contributed by atoms with Gasteiger partial charge in [0.1, 0.15) is 0 Å². The minimum Gasteiger partial charge on any atom is -0.305 e. The lowest BCUT2D eigenvalue weighted by Gasteiger charge is -2.17. The zero-order valence-electron chi connectivity index (χ0n) is 13.3. The van der Waals surface area contributed by atoms with Gasteiger partial charge in [0.05, 0.1) is 11.9 Å². The van der Waals surface area contributed by atoms with Crippen molar-refractivity contribution < 1.29 is 8.42 Å². The standard InChI is InChI=1S/C16H22N2O2S2/c1-12-9-10-21-16(12)13(2)17-11-14-5-7-15(8-6-14)18(3)22(4,19)20/h5-10,13,17H,11H2,1-4H3. The van der Waals surface area contributed by atoms with Crippen LogP contribution in [0.3, 0.4) is 0 Å². The van der Waals surface area contributed by atoms with Crippen molar-refractivity contribution in [3.63, 3.8) is 0 Å². The van der Waals surface area contributed by atoms with Crippen LogP contribution in [-0.4, -0.2) is 21.7 Å². The number of rotatable bonds is 6. The zero-order valence-corrected chi connectivity index (χ0v) is 15.0. The summed E-state index contributed by atoms with van der Waals surface area (Å²) >= 11 is 1.77. The Labute approximate surface area is 136 Å². The molecule has 0 fully saturated rings. The summed E-state index contributed by atoms with van der Waals surface area (Å²) in [6.07, 6.45) is 1.20. The quantitative estimate of drug-likeness (QED) is 0.879. The predicted molar refractivity (Wildman–Crippen MR) is 94.0 cm³/mol. The molecule has 0 spiro atoms. The van der Waals surface area contributed by atoms with Crippen molar-refractivity contribution in [2.24, 2.45) is 0 Å². The summed E-state index contributed by atoms with van der Waals surface area (Å²) in [5.74, 6) is 0. The summed E-state index contributed by atoms with van der Waals surface area (Å²) in [5.41, 5.74) is 3.12. The van der Waals surface area contributed by atoms with Gasteiger partial charge in [-0.15, -0.1) is 11.3 Å². The molecule has 0 saturated heterocycles. The molecule has 0 aliphatic carbocycles. The molecule has 0 amide bonds. The fourth-order valence-electron chi connectivity index (χ4n) is 2.21. The van der Waals surface area contributed by atoms with Gasteiger partial charge in [-0.3, -0.25) is 4.31 Å². The van der Waals surface area contributed by atoms with Crippen molar-refractivity contribution in [3.8, 4) is 0 Å². The molecule has 6 heteroatoms. The Morgan fingerprint density at radius 3 is 2.36 bits per heavy atom. The first-order chi connectivity index (χ1) is 10.3. The van der Waals surface area contributed by atoms with Crippen molar-refractivity contribution in [2.75, 3.05) is 17.6 Å². The van der Waals surface area contributed by atoms with Gasteiger partial charge in [-0.05, 0) is 48.6 Å². The SMILES string of the molecule is Cc1ccsc1C(C)NCc1ccc(N(C)S(C)(=O)=O)cc1. The van der Waals surface area contributed by atoms with Crippen LogP contribution in [0.4, 0.5) is 5.69 Å². The average molecular weight is 338 g/mol. The van der Waals surface area contributed by atoms with E-state index in [1.54, 1.807) is 18.4 Å². The smallest absolute Gasteiger partial charge is 0.231 e. The van der Waals surface area contributed by atoms with Gasteiger partial charge in [-0.2, -0.15) is 0 Å². The van der Waals surface area contributed by atoms with Crippen molar-refractivity contribution in [1.29, 1.82) is 0 Å². The summed E-state index contributed by atoms with van der Waals surface area (Å²) in [6, 6.07) is 10.0. The van der Waals surface area contributed by atoms with Gasteiger partial charge < -0.3 is 5.32 Å². The van der Waals surface area contributed by atoms with Gasteiger partial charge in [0.25, 0.3) is 0 Å². The number of sulfonamides is 1. The summed E-state index contributed by atoms with van der Waals surface area (Å²) in [5, 5.41) is 5.61. The highest BCUT2D eigenvalue weighted by Gasteiger charge is 2.12. The van der Waals surface area contributed by atoms with E-state index in [-0.39, 0.29) is 0 Å². The highest BCUT2D eigenvalue weighted by molar-refractivity contribution is 7.92. The second kappa shape index (κ2) is 6.81. The Bertz CT molecular complexity index is 721. The van der Waals surface area contributed by atoms with Crippen LogP contribution in [0.2, 0.25) is 0 Å². The van der Waals surface area contributed by atoms with Crippen molar-refractivity contribution in [3.05, 3.63) is 51.7 Å². The van der Waals surface area contributed by atoms with Crippen LogP contribution in [0.15, 0.2) is 35.7 Å². The lowest BCUT2D eigenvalue weighted by molar-refractivity contribution is 0.581. The lowest BCUT2D eigenvalue weighted by atomic mass is 10.1. The topological polar surface area (TPSA) is 49.4 Å². The zero-order chi connectivity index (χ0) is 16.3. The summed E-state index contributed by atoms with van der Waals surface area (Å²) in [7, 11) is -1.65. The molecule has 2 rings (SSSR count). The fraction of sp³-hybridized carbons (Fsp3) is 0.375. The molecule has 0 radical (unpaired) electrons. The van der Waals surface area contributed by atoms with Crippen molar-refractivity contribution in [1.82, 2.24) is 5.32 Å². The maximum Gasteiger partial charge on any atom is 0.231 e. The van der Waals surface area contributed by atoms with Crippen LogP contribution in [0.5, 0.6) is 0 Å². The summed E-state index contributed by atoms with van der Waals surface area (Å²) < 4.78 is 24.3. The number of benzene rings is 1. The molecule has 22 heavy (non-hydrogen) atoms. The molecule has 1 aromatic carbocycles. The molecule has 1 aromatic heterocycles. The molecule has 4 nitrogen and oxygen atoms in total. The molecule has 1 N–H and O–H groups in total. The molecule has 1 atom stereocenters. The Kier molecular flexibility index (Phi) is 5.26. The predicted octanol–water partition coefficient (Wildman–Crippen LogP) is 3.30. The second-order valence-corrected chi connectivity index (χ2v) is 8.43. The van der Waals surface area contributed by atoms with E-state index in [2.05, 4.69) is 30.6 Å². The summed E-state index contributed by atoms with van der Waals surface area (Å²) in [6.45, 7) is 5.03. The Balaban J connectivity index is 1.99. The van der Waals surface area contributed by atoms with Crippen LogP contribution in [0.25, 0.3) is 0 Å². The number of aryl methyl sites for hydroxylation is 1. The van der Waals surface area contributed by atoms with Gasteiger partial charge in [0.2, 0.25) is 10.0 Å². The molecule has 1 unspecified atom stereocenters. The van der Waals surface area contributed by atoms with Crippen LogP contribution in [-0.2, 0) is 16.6 Å². The van der Waals surface area contributed by atoms with Crippen LogP contribution in [0, 0.1) is 6.92 Å². The van der Waals surface area contributed by atoms with Crippen LogP contribution >= 0.6 is 11.3 Å². The van der Waals surface area contributed by atoms with Gasteiger partial charge in [-0.1, -0.05) is 12.1 Å². The number of anilines is 1. The Morgan fingerprint density at radius 1 is 1.23 bits per heavy atom. The second-order valence-electron chi connectivity index (χ2n) is 5.47. The van der Waals surface area contributed by atoms with E-state index in [0.29, 0.717) is 11.7 Å². The van der Waals surface area contributed by atoms with Crippen molar-refractivity contribution in [2.45, 2.75) is 26.4 Å². The maximum absolute atomic E-state index is 11.5. The monoisotopic (exact) mass is 338 g/mol. The molecule has 0 saturated carbocycles. The van der Waals surface area contributed by atoms with E-state index < -0.39 is 10.0 Å². The maximum atomic E-state index is 11.5. The van der Waals surface area contributed by atoms with Gasteiger partial charge in [-0.25, -0.2) is 8.42 Å². The highest BCUT2D eigenvalue weighted by atomic mass is 32.2. The largest absolute Gasteiger partial charge is 0.305 e. The highest BCUT2D eigenvalue weighted by Crippen LogP contribution is 2.24. The first-order valence-electron chi connectivity index (χ1n) is 7.09. The average Bonchev–Trinajstić information content (AvgIpc) is 2.90. The number of hydrogen-bond donors (Lipinski definition) is 1. The van der Waals surface area contributed by atoms with E-state index in [4.69, 9.17) is 0 Å². The molecule has 0 bridgehead atoms. The van der Waals surface area contributed by atoms with E-state index >= 15 is 0 Å². The van der Waals surface area contributed by atoms with Crippen LogP contribution < -0.4 is 9.62 Å². The molecular weight excluding hydrogens is 316 g/mol. The lowest BCUT2D eigenvalue weighted by Crippen LogP contribution is -2.24. The Hall–Kier alpha value is -1.37. The minimum atomic E-state index is -3.21. The van der Waals surface area contributed by atoms with Crippen LogP contribution in [0.1, 0.15) is 29.0 Å². The number of nitrogens with zero attached hydrogens (tertiary/aromatic N) is 1.